The van der Waals surface area contributed by atoms with Crippen molar-refractivity contribution in [3.05, 3.63) is 23.0 Å². The molecule has 0 radical (unpaired) electrons. The molecule has 0 spiro atoms. The summed E-state index contributed by atoms with van der Waals surface area (Å²) in [4.78, 5) is 21.8. The standard InChI is InChI=1S/2C7H10O3/c2*1-3-5-7(9)6(8)4(2)10-5/h5,8H,3H2,1-2H3;4,9H,3H2,1-2H3. The van der Waals surface area contributed by atoms with Crippen molar-refractivity contribution in [1.29, 1.82) is 0 Å². The minimum atomic E-state index is -0.491. The Labute approximate surface area is 117 Å². The van der Waals surface area contributed by atoms with E-state index in [1.54, 1.807) is 13.8 Å². The average Bonchev–Trinajstić information content (AvgIpc) is 2.84. The van der Waals surface area contributed by atoms with Crippen molar-refractivity contribution in [2.24, 2.45) is 0 Å². The van der Waals surface area contributed by atoms with Crippen LogP contribution in [0.2, 0.25) is 0 Å². The SMILES string of the molecule is CCC1=C(O)C(=O)C(C)O1.CCC1OC(C)=C(O)C1=O. The summed E-state index contributed by atoms with van der Waals surface area (Å²) in [6.07, 6.45) is 0.247. The lowest BCUT2D eigenvalue weighted by molar-refractivity contribution is -0.123. The van der Waals surface area contributed by atoms with Crippen LogP contribution in [0.4, 0.5) is 0 Å². The molecule has 0 saturated heterocycles. The van der Waals surface area contributed by atoms with E-state index >= 15 is 0 Å². The zero-order valence-corrected chi connectivity index (χ0v) is 12.1. The molecule has 0 saturated carbocycles. The van der Waals surface area contributed by atoms with Gasteiger partial charge in [0, 0.05) is 6.42 Å². The first-order chi connectivity index (χ1) is 9.33. The highest BCUT2D eigenvalue weighted by Crippen LogP contribution is 2.21. The molecule has 2 aliphatic rings. The fraction of sp³-hybridized carbons (Fsp3) is 0.571. The van der Waals surface area contributed by atoms with E-state index in [0.717, 1.165) is 0 Å². The lowest BCUT2D eigenvalue weighted by Crippen LogP contribution is -2.16. The van der Waals surface area contributed by atoms with E-state index in [2.05, 4.69) is 0 Å². The van der Waals surface area contributed by atoms with Gasteiger partial charge in [0.05, 0.1) is 0 Å². The van der Waals surface area contributed by atoms with E-state index in [9.17, 15) is 9.59 Å². The van der Waals surface area contributed by atoms with Crippen LogP contribution in [0, 0.1) is 0 Å². The van der Waals surface area contributed by atoms with E-state index in [4.69, 9.17) is 19.7 Å². The van der Waals surface area contributed by atoms with Crippen LogP contribution in [0.15, 0.2) is 23.0 Å². The molecule has 20 heavy (non-hydrogen) atoms. The summed E-state index contributed by atoms with van der Waals surface area (Å²) < 4.78 is 10.0. The molecule has 0 aromatic carbocycles. The zero-order chi connectivity index (χ0) is 15.4. The minimum Gasteiger partial charge on any atom is -0.502 e. The molecule has 0 amide bonds. The summed E-state index contributed by atoms with van der Waals surface area (Å²) in [6, 6.07) is 0. The summed E-state index contributed by atoms with van der Waals surface area (Å²) in [6.45, 7) is 6.88. The number of hydrogen-bond acceptors (Lipinski definition) is 6. The highest BCUT2D eigenvalue weighted by molar-refractivity contribution is 5.99. The van der Waals surface area contributed by atoms with Crippen LogP contribution in [0.25, 0.3) is 0 Å². The van der Waals surface area contributed by atoms with Gasteiger partial charge in [-0.25, -0.2) is 0 Å². The van der Waals surface area contributed by atoms with E-state index in [-0.39, 0.29) is 23.1 Å². The van der Waals surface area contributed by atoms with Crippen LogP contribution in [-0.2, 0) is 19.1 Å². The second-order valence-electron chi connectivity index (χ2n) is 4.53. The van der Waals surface area contributed by atoms with E-state index in [1.165, 1.54) is 0 Å². The van der Waals surface area contributed by atoms with Crippen molar-refractivity contribution in [1.82, 2.24) is 0 Å². The third-order valence-corrected chi connectivity index (χ3v) is 3.06. The van der Waals surface area contributed by atoms with Crippen LogP contribution >= 0.6 is 0 Å². The number of allylic oxidation sites excluding steroid dienone is 2. The predicted octanol–water partition coefficient (Wildman–Crippen LogP) is 2.31. The van der Waals surface area contributed by atoms with E-state index in [0.29, 0.717) is 24.4 Å². The highest BCUT2D eigenvalue weighted by atomic mass is 16.5. The van der Waals surface area contributed by atoms with Gasteiger partial charge < -0.3 is 19.7 Å². The number of ketones is 2. The van der Waals surface area contributed by atoms with Crippen molar-refractivity contribution < 1.29 is 29.3 Å². The maximum absolute atomic E-state index is 10.9. The molecule has 0 fully saturated rings. The summed E-state index contributed by atoms with van der Waals surface area (Å²) in [5.41, 5.74) is 0. The van der Waals surface area contributed by atoms with E-state index in [1.807, 2.05) is 13.8 Å². The van der Waals surface area contributed by atoms with Gasteiger partial charge in [-0.05, 0) is 20.3 Å². The summed E-state index contributed by atoms with van der Waals surface area (Å²) in [5.74, 6) is -0.256. The Kier molecular flexibility index (Phi) is 5.19. The monoisotopic (exact) mass is 284 g/mol. The first-order valence-electron chi connectivity index (χ1n) is 6.57. The molecule has 2 heterocycles. The summed E-state index contributed by atoms with van der Waals surface area (Å²) in [5, 5.41) is 18.0. The number of ether oxygens (including phenoxy) is 2. The second kappa shape index (κ2) is 6.45. The number of aliphatic hydroxyl groups is 2. The lowest BCUT2D eigenvalue weighted by atomic mass is 10.2. The highest BCUT2D eigenvalue weighted by Gasteiger charge is 2.31. The van der Waals surface area contributed by atoms with Crippen LogP contribution < -0.4 is 0 Å². The van der Waals surface area contributed by atoms with Gasteiger partial charge in [0.25, 0.3) is 0 Å². The maximum Gasteiger partial charge on any atom is 0.240 e. The zero-order valence-electron chi connectivity index (χ0n) is 12.1. The number of aliphatic hydroxyl groups excluding tert-OH is 2. The van der Waals surface area contributed by atoms with Crippen molar-refractivity contribution in [3.63, 3.8) is 0 Å². The van der Waals surface area contributed by atoms with Crippen LogP contribution in [0.3, 0.4) is 0 Å². The summed E-state index contributed by atoms with van der Waals surface area (Å²) in [7, 11) is 0. The quantitative estimate of drug-likeness (QED) is 0.808. The lowest BCUT2D eigenvalue weighted by Gasteiger charge is -2.04. The normalized spacial score (nSPS) is 25.4. The fourth-order valence-electron chi connectivity index (χ4n) is 1.82. The van der Waals surface area contributed by atoms with Gasteiger partial charge in [-0.15, -0.1) is 0 Å². The molecule has 2 atom stereocenters. The molecule has 2 N–H and O–H groups in total. The van der Waals surface area contributed by atoms with Gasteiger partial charge in [-0.3, -0.25) is 9.59 Å². The summed E-state index contributed by atoms with van der Waals surface area (Å²) >= 11 is 0. The first kappa shape index (κ1) is 16.1. The van der Waals surface area contributed by atoms with Crippen LogP contribution in [0.5, 0.6) is 0 Å². The molecule has 0 aromatic heterocycles. The first-order valence-corrected chi connectivity index (χ1v) is 6.57. The molecule has 0 bridgehead atoms. The number of Topliss-reactive ketones (excluding diaryl/α,β-unsaturated/α-hetero) is 2. The number of carbonyl (C=O) groups is 2. The minimum absolute atomic E-state index is 0.199. The molecule has 2 rings (SSSR count). The number of hydrogen-bond donors (Lipinski definition) is 2. The number of carbonyl (C=O) groups excluding carboxylic acids is 2. The molecule has 6 heteroatoms. The Morgan fingerprint density at radius 1 is 1.05 bits per heavy atom. The Morgan fingerprint density at radius 2 is 1.65 bits per heavy atom. The fourth-order valence-corrected chi connectivity index (χ4v) is 1.82. The molecule has 2 unspecified atom stereocenters. The molecule has 0 aromatic rings. The maximum atomic E-state index is 10.9. The predicted molar refractivity (Wildman–Crippen MR) is 71.0 cm³/mol. The average molecular weight is 284 g/mol. The third-order valence-electron chi connectivity index (χ3n) is 3.06. The third kappa shape index (κ3) is 3.12. The second-order valence-corrected chi connectivity index (χ2v) is 4.53. The van der Waals surface area contributed by atoms with Gasteiger partial charge in [-0.1, -0.05) is 13.8 Å². The van der Waals surface area contributed by atoms with E-state index < -0.39 is 12.2 Å². The molecule has 2 aliphatic heterocycles. The molecule has 112 valence electrons. The smallest absolute Gasteiger partial charge is 0.240 e. The largest absolute Gasteiger partial charge is 0.502 e. The van der Waals surface area contributed by atoms with Gasteiger partial charge in [0.2, 0.25) is 23.1 Å². The molecule has 0 aliphatic carbocycles. The molecular weight excluding hydrogens is 264 g/mol. The van der Waals surface area contributed by atoms with Crippen LogP contribution in [0.1, 0.15) is 40.5 Å². The van der Waals surface area contributed by atoms with Crippen molar-refractivity contribution in [2.45, 2.75) is 52.7 Å². The Balaban J connectivity index is 0.000000200. The Bertz CT molecular complexity index is 474. The van der Waals surface area contributed by atoms with Gasteiger partial charge in [-0.2, -0.15) is 0 Å². The Hall–Kier alpha value is -1.98. The van der Waals surface area contributed by atoms with Gasteiger partial charge >= 0.3 is 0 Å². The molecular formula is C14H20O6. The van der Waals surface area contributed by atoms with Crippen molar-refractivity contribution >= 4 is 11.6 Å². The topological polar surface area (TPSA) is 93.1 Å². The van der Waals surface area contributed by atoms with Crippen LogP contribution in [-0.4, -0.2) is 34.0 Å². The van der Waals surface area contributed by atoms with Crippen molar-refractivity contribution in [3.8, 4) is 0 Å². The van der Waals surface area contributed by atoms with Gasteiger partial charge in [0.1, 0.15) is 11.5 Å². The Morgan fingerprint density at radius 3 is 1.85 bits per heavy atom. The van der Waals surface area contributed by atoms with Crippen molar-refractivity contribution in [2.75, 3.05) is 0 Å². The number of rotatable bonds is 2. The molecule has 6 nitrogen and oxygen atoms in total. The van der Waals surface area contributed by atoms with Gasteiger partial charge in [0.15, 0.2) is 12.2 Å².